The molecule has 1 fully saturated rings. The lowest BCUT2D eigenvalue weighted by atomic mass is 10.1. The summed E-state index contributed by atoms with van der Waals surface area (Å²) in [6, 6.07) is 14.2. The maximum atomic E-state index is 12.9. The van der Waals surface area contributed by atoms with Gasteiger partial charge in [0.1, 0.15) is 5.01 Å². The van der Waals surface area contributed by atoms with Crippen molar-refractivity contribution in [3.05, 3.63) is 63.6 Å². The number of piperazine rings is 1. The molecule has 0 N–H and O–H groups in total. The number of aromatic nitrogens is 1. The minimum absolute atomic E-state index is 0.147. The maximum absolute atomic E-state index is 12.9. The molecule has 3 aromatic rings. The van der Waals surface area contributed by atoms with Crippen molar-refractivity contribution in [3.63, 3.8) is 0 Å². The van der Waals surface area contributed by atoms with Crippen LogP contribution in [0.2, 0.25) is 0 Å². The third-order valence-corrected chi connectivity index (χ3v) is 6.80. The molecule has 2 heterocycles. The van der Waals surface area contributed by atoms with E-state index in [1.165, 1.54) is 33.8 Å². The number of aryl methyl sites for hydroxylation is 2. The van der Waals surface area contributed by atoms with Gasteiger partial charge < -0.3 is 4.90 Å². The van der Waals surface area contributed by atoms with Crippen molar-refractivity contribution < 1.29 is 4.79 Å². The second-order valence-electron chi connectivity index (χ2n) is 7.46. The maximum Gasteiger partial charge on any atom is 0.253 e. The first kappa shape index (κ1) is 16.9. The SMILES string of the molecule is O=C(c1ccc2ccccc2c1)N1CCN(Cc2nc3c(s2)CCC3)CC1. The quantitative estimate of drug-likeness (QED) is 0.698. The number of carbonyl (C=O) groups excluding carboxylic acids is 1. The zero-order valence-electron chi connectivity index (χ0n) is 15.4. The number of carbonyl (C=O) groups is 1. The van der Waals surface area contributed by atoms with E-state index in [0.29, 0.717) is 0 Å². The van der Waals surface area contributed by atoms with Crippen LogP contribution in [0.15, 0.2) is 42.5 Å². The van der Waals surface area contributed by atoms with Crippen molar-refractivity contribution in [1.82, 2.24) is 14.8 Å². The molecule has 1 aliphatic carbocycles. The first-order valence-corrected chi connectivity index (χ1v) is 10.6. The Bertz CT molecular complexity index is 967. The van der Waals surface area contributed by atoms with Crippen LogP contribution >= 0.6 is 11.3 Å². The highest BCUT2D eigenvalue weighted by Crippen LogP contribution is 2.28. The Morgan fingerprint density at radius 1 is 1.00 bits per heavy atom. The molecule has 27 heavy (non-hydrogen) atoms. The van der Waals surface area contributed by atoms with E-state index in [-0.39, 0.29) is 5.91 Å². The molecular formula is C22H23N3OS. The molecular weight excluding hydrogens is 354 g/mol. The van der Waals surface area contributed by atoms with Crippen molar-refractivity contribution in [2.45, 2.75) is 25.8 Å². The fourth-order valence-electron chi connectivity index (χ4n) is 4.12. The first-order valence-electron chi connectivity index (χ1n) is 9.74. The monoisotopic (exact) mass is 377 g/mol. The zero-order valence-corrected chi connectivity index (χ0v) is 16.2. The van der Waals surface area contributed by atoms with Crippen LogP contribution in [0.4, 0.5) is 0 Å². The third-order valence-electron chi connectivity index (χ3n) is 5.65. The number of hydrogen-bond donors (Lipinski definition) is 0. The first-order chi connectivity index (χ1) is 13.3. The van der Waals surface area contributed by atoms with Gasteiger partial charge in [0, 0.05) is 36.6 Å². The summed E-state index contributed by atoms with van der Waals surface area (Å²) in [6.07, 6.45) is 3.63. The normalized spacial score (nSPS) is 17.4. The van der Waals surface area contributed by atoms with E-state index >= 15 is 0 Å². The van der Waals surface area contributed by atoms with Gasteiger partial charge in [0.05, 0.1) is 12.2 Å². The van der Waals surface area contributed by atoms with Crippen molar-refractivity contribution >= 4 is 28.0 Å². The third kappa shape index (κ3) is 3.37. The molecule has 2 aromatic carbocycles. The van der Waals surface area contributed by atoms with Crippen LogP contribution in [0.3, 0.4) is 0 Å². The van der Waals surface area contributed by atoms with E-state index < -0.39 is 0 Å². The molecule has 0 atom stereocenters. The van der Waals surface area contributed by atoms with Gasteiger partial charge in [-0.25, -0.2) is 4.98 Å². The van der Waals surface area contributed by atoms with Crippen molar-refractivity contribution in [3.8, 4) is 0 Å². The predicted octanol–water partition coefficient (Wildman–Crippen LogP) is 3.74. The molecule has 1 aromatic heterocycles. The van der Waals surface area contributed by atoms with Gasteiger partial charge in [-0.1, -0.05) is 30.3 Å². The summed E-state index contributed by atoms with van der Waals surface area (Å²) in [5.74, 6) is 0.147. The van der Waals surface area contributed by atoms with Crippen LogP contribution < -0.4 is 0 Å². The van der Waals surface area contributed by atoms with Gasteiger partial charge in [-0.2, -0.15) is 0 Å². The van der Waals surface area contributed by atoms with Crippen LogP contribution in [0.5, 0.6) is 0 Å². The number of fused-ring (bicyclic) bond motifs is 2. The smallest absolute Gasteiger partial charge is 0.253 e. The van der Waals surface area contributed by atoms with E-state index in [9.17, 15) is 4.79 Å². The van der Waals surface area contributed by atoms with Crippen LogP contribution in [-0.4, -0.2) is 46.9 Å². The Balaban J connectivity index is 1.22. The lowest BCUT2D eigenvalue weighted by Crippen LogP contribution is -2.48. The van der Waals surface area contributed by atoms with Gasteiger partial charge in [0.15, 0.2) is 0 Å². The van der Waals surface area contributed by atoms with Crippen LogP contribution in [-0.2, 0) is 19.4 Å². The summed E-state index contributed by atoms with van der Waals surface area (Å²) in [4.78, 5) is 23.6. The van der Waals surface area contributed by atoms with E-state index in [1.54, 1.807) is 0 Å². The molecule has 1 aliphatic heterocycles. The van der Waals surface area contributed by atoms with Crippen LogP contribution in [0, 0.1) is 0 Å². The fourth-order valence-corrected chi connectivity index (χ4v) is 5.32. The van der Waals surface area contributed by atoms with E-state index in [2.05, 4.69) is 17.0 Å². The molecule has 0 radical (unpaired) electrons. The summed E-state index contributed by atoms with van der Waals surface area (Å²) < 4.78 is 0. The molecule has 0 bridgehead atoms. The average molecular weight is 378 g/mol. The standard InChI is InChI=1S/C22H23N3OS/c26-22(18-9-8-16-4-1-2-5-17(16)14-18)25-12-10-24(11-13-25)15-21-23-19-6-3-7-20(19)27-21/h1-2,4-5,8-9,14H,3,6-7,10-13,15H2. The highest BCUT2D eigenvalue weighted by atomic mass is 32.1. The summed E-state index contributed by atoms with van der Waals surface area (Å²) in [5, 5.41) is 3.54. The molecule has 1 saturated heterocycles. The van der Waals surface area contributed by atoms with Gasteiger partial charge in [0.25, 0.3) is 5.91 Å². The number of benzene rings is 2. The molecule has 0 saturated carbocycles. The Hall–Kier alpha value is -2.24. The number of thiazole rings is 1. The second-order valence-corrected chi connectivity index (χ2v) is 8.63. The van der Waals surface area contributed by atoms with Gasteiger partial charge >= 0.3 is 0 Å². The van der Waals surface area contributed by atoms with E-state index in [0.717, 1.165) is 50.1 Å². The van der Waals surface area contributed by atoms with Gasteiger partial charge in [-0.05, 0) is 42.2 Å². The summed E-state index contributed by atoms with van der Waals surface area (Å²) >= 11 is 1.89. The lowest BCUT2D eigenvalue weighted by Gasteiger charge is -2.34. The van der Waals surface area contributed by atoms with Crippen molar-refractivity contribution in [2.75, 3.05) is 26.2 Å². The highest BCUT2D eigenvalue weighted by molar-refractivity contribution is 7.11. The summed E-state index contributed by atoms with van der Waals surface area (Å²) in [7, 11) is 0. The molecule has 5 rings (SSSR count). The lowest BCUT2D eigenvalue weighted by molar-refractivity contribution is 0.0628. The number of amides is 1. The second kappa shape index (κ2) is 7.06. The van der Waals surface area contributed by atoms with Gasteiger partial charge in [0.2, 0.25) is 0 Å². The fraction of sp³-hybridized carbons (Fsp3) is 0.364. The van der Waals surface area contributed by atoms with Gasteiger partial charge in [-0.3, -0.25) is 9.69 Å². The number of nitrogens with zero attached hydrogens (tertiary/aromatic N) is 3. The summed E-state index contributed by atoms with van der Waals surface area (Å²) in [6.45, 7) is 4.34. The largest absolute Gasteiger partial charge is 0.336 e. The minimum atomic E-state index is 0.147. The number of hydrogen-bond acceptors (Lipinski definition) is 4. The van der Waals surface area contributed by atoms with Crippen molar-refractivity contribution in [2.24, 2.45) is 0 Å². The van der Waals surface area contributed by atoms with E-state index in [4.69, 9.17) is 4.98 Å². The molecule has 0 spiro atoms. The van der Waals surface area contributed by atoms with E-state index in [1.807, 2.05) is 46.6 Å². The van der Waals surface area contributed by atoms with Crippen LogP contribution in [0.25, 0.3) is 10.8 Å². The Kier molecular flexibility index (Phi) is 4.42. The Morgan fingerprint density at radius 3 is 2.63 bits per heavy atom. The van der Waals surface area contributed by atoms with Crippen LogP contribution in [0.1, 0.15) is 32.4 Å². The predicted molar refractivity (Wildman–Crippen MR) is 109 cm³/mol. The Labute approximate surface area is 163 Å². The Morgan fingerprint density at radius 2 is 1.81 bits per heavy atom. The highest BCUT2D eigenvalue weighted by Gasteiger charge is 2.24. The zero-order chi connectivity index (χ0) is 18.2. The number of rotatable bonds is 3. The molecule has 4 nitrogen and oxygen atoms in total. The summed E-state index contributed by atoms with van der Waals surface area (Å²) in [5.41, 5.74) is 2.12. The topological polar surface area (TPSA) is 36.4 Å². The molecule has 5 heteroatoms. The average Bonchev–Trinajstić information content (AvgIpc) is 3.29. The van der Waals surface area contributed by atoms with Crippen molar-refractivity contribution in [1.29, 1.82) is 0 Å². The van der Waals surface area contributed by atoms with Gasteiger partial charge in [-0.15, -0.1) is 11.3 Å². The molecule has 0 unspecified atom stereocenters. The minimum Gasteiger partial charge on any atom is -0.336 e. The molecule has 2 aliphatic rings. The molecule has 1 amide bonds. The molecule has 138 valence electrons.